The molecule has 0 N–H and O–H groups in total. The van der Waals surface area contributed by atoms with Crippen LogP contribution in [0.4, 0.5) is 0 Å². The Morgan fingerprint density at radius 1 is 1.73 bits per heavy atom. The zero-order chi connectivity index (χ0) is 8.27. The lowest BCUT2D eigenvalue weighted by molar-refractivity contribution is -0.138. The number of allylic oxidation sites excluding steroid dienone is 1. The maximum Gasteiger partial charge on any atom is 0.337 e. The van der Waals surface area contributed by atoms with E-state index in [9.17, 15) is 4.79 Å². The largest absolute Gasteiger partial charge is 0.463 e. The molecule has 0 atom stereocenters. The molecule has 0 radical (unpaired) electrons. The smallest absolute Gasteiger partial charge is 0.337 e. The van der Waals surface area contributed by atoms with Crippen LogP contribution in [0.1, 0.15) is 13.8 Å². The van der Waals surface area contributed by atoms with E-state index in [0.29, 0.717) is 24.4 Å². The standard InChI is InChI=1S/C7H10N2O2/c1-3-11-7(10)6-4-8-9-5(6)2/h3-4H2,1-2H3. The zero-order valence-corrected chi connectivity index (χ0v) is 6.63. The van der Waals surface area contributed by atoms with Crippen molar-refractivity contribution in [3.05, 3.63) is 11.3 Å². The molecule has 0 aromatic rings. The monoisotopic (exact) mass is 154 g/mol. The number of hydrogen-bond donors (Lipinski definition) is 0. The van der Waals surface area contributed by atoms with E-state index in [0.717, 1.165) is 0 Å². The van der Waals surface area contributed by atoms with Gasteiger partial charge in [0.05, 0.1) is 24.4 Å². The van der Waals surface area contributed by atoms with E-state index < -0.39 is 0 Å². The molecule has 0 amide bonds. The van der Waals surface area contributed by atoms with Crippen LogP contribution in [0.2, 0.25) is 0 Å². The minimum atomic E-state index is -0.296. The van der Waals surface area contributed by atoms with Crippen molar-refractivity contribution in [2.75, 3.05) is 13.2 Å². The third-order valence-electron chi connectivity index (χ3n) is 1.41. The van der Waals surface area contributed by atoms with Gasteiger partial charge in [-0.1, -0.05) is 0 Å². The Labute approximate surface area is 65.0 Å². The Morgan fingerprint density at radius 2 is 2.45 bits per heavy atom. The first-order valence-electron chi connectivity index (χ1n) is 3.50. The number of carbonyl (C=O) groups is 1. The van der Waals surface area contributed by atoms with Gasteiger partial charge in [-0.15, -0.1) is 0 Å². The predicted octanol–water partition coefficient (Wildman–Crippen LogP) is 1.29. The van der Waals surface area contributed by atoms with Crippen molar-refractivity contribution in [1.29, 1.82) is 0 Å². The molecule has 0 saturated carbocycles. The van der Waals surface area contributed by atoms with Gasteiger partial charge in [0.25, 0.3) is 0 Å². The van der Waals surface area contributed by atoms with Crippen molar-refractivity contribution in [3.63, 3.8) is 0 Å². The molecule has 0 spiro atoms. The summed E-state index contributed by atoms with van der Waals surface area (Å²) in [6.07, 6.45) is 0. The molecule has 1 aliphatic heterocycles. The van der Waals surface area contributed by atoms with Crippen LogP contribution in [-0.2, 0) is 9.53 Å². The van der Waals surface area contributed by atoms with Gasteiger partial charge < -0.3 is 4.74 Å². The summed E-state index contributed by atoms with van der Waals surface area (Å²) in [6, 6.07) is 0. The summed E-state index contributed by atoms with van der Waals surface area (Å²) < 4.78 is 4.78. The van der Waals surface area contributed by atoms with Crippen LogP contribution in [0.25, 0.3) is 0 Å². The molecular formula is C7H10N2O2. The fraction of sp³-hybridized carbons (Fsp3) is 0.571. The number of azo groups is 1. The summed E-state index contributed by atoms with van der Waals surface area (Å²) in [4.78, 5) is 11.1. The number of nitrogens with zero attached hydrogens (tertiary/aromatic N) is 2. The number of carbonyl (C=O) groups excluding carboxylic acids is 1. The summed E-state index contributed by atoms with van der Waals surface area (Å²) in [5.41, 5.74) is 1.25. The first-order valence-corrected chi connectivity index (χ1v) is 3.50. The second kappa shape index (κ2) is 3.27. The first-order chi connectivity index (χ1) is 5.25. The number of rotatable bonds is 2. The highest BCUT2D eigenvalue weighted by Crippen LogP contribution is 2.14. The minimum Gasteiger partial charge on any atom is -0.463 e. The summed E-state index contributed by atoms with van der Waals surface area (Å²) in [5, 5.41) is 7.42. The second-order valence-electron chi connectivity index (χ2n) is 2.18. The van der Waals surface area contributed by atoms with E-state index in [4.69, 9.17) is 4.74 Å². The Balaban J connectivity index is 2.62. The lowest BCUT2D eigenvalue weighted by Crippen LogP contribution is -2.09. The Kier molecular flexibility index (Phi) is 2.36. The molecule has 0 aliphatic carbocycles. The maximum absolute atomic E-state index is 11.1. The van der Waals surface area contributed by atoms with Gasteiger partial charge in [-0.3, -0.25) is 0 Å². The maximum atomic E-state index is 11.1. The molecule has 1 rings (SSSR count). The molecule has 0 saturated heterocycles. The first kappa shape index (κ1) is 7.91. The van der Waals surface area contributed by atoms with Crippen molar-refractivity contribution < 1.29 is 9.53 Å². The quantitative estimate of drug-likeness (QED) is 0.562. The molecule has 0 aromatic heterocycles. The molecule has 0 fully saturated rings. The van der Waals surface area contributed by atoms with Crippen LogP contribution in [-0.4, -0.2) is 19.1 Å². The average molecular weight is 154 g/mol. The Bertz CT molecular complexity index is 231. The molecule has 4 heteroatoms. The molecule has 1 heterocycles. The third kappa shape index (κ3) is 1.63. The van der Waals surface area contributed by atoms with Gasteiger partial charge in [-0.25, -0.2) is 4.79 Å². The van der Waals surface area contributed by atoms with Crippen molar-refractivity contribution in [1.82, 2.24) is 0 Å². The number of hydrogen-bond acceptors (Lipinski definition) is 4. The molecule has 60 valence electrons. The highest BCUT2D eigenvalue weighted by atomic mass is 16.5. The van der Waals surface area contributed by atoms with E-state index in [-0.39, 0.29) is 5.97 Å². The van der Waals surface area contributed by atoms with Crippen LogP contribution < -0.4 is 0 Å². The van der Waals surface area contributed by atoms with E-state index >= 15 is 0 Å². The highest BCUT2D eigenvalue weighted by Gasteiger charge is 2.17. The number of esters is 1. The molecule has 0 unspecified atom stereocenters. The fourth-order valence-corrected chi connectivity index (χ4v) is 0.817. The van der Waals surface area contributed by atoms with Crippen molar-refractivity contribution in [3.8, 4) is 0 Å². The predicted molar refractivity (Wildman–Crippen MR) is 39.1 cm³/mol. The van der Waals surface area contributed by atoms with Crippen molar-refractivity contribution in [2.24, 2.45) is 10.2 Å². The van der Waals surface area contributed by atoms with Crippen LogP contribution in [0.3, 0.4) is 0 Å². The fourth-order valence-electron chi connectivity index (χ4n) is 0.817. The lowest BCUT2D eigenvalue weighted by Gasteiger charge is -2.00. The van der Waals surface area contributed by atoms with Gasteiger partial charge in [0.1, 0.15) is 0 Å². The minimum absolute atomic E-state index is 0.296. The van der Waals surface area contributed by atoms with E-state index in [1.54, 1.807) is 13.8 Å². The third-order valence-corrected chi connectivity index (χ3v) is 1.41. The van der Waals surface area contributed by atoms with E-state index in [2.05, 4.69) is 10.2 Å². The van der Waals surface area contributed by atoms with E-state index in [1.165, 1.54) is 0 Å². The van der Waals surface area contributed by atoms with Gasteiger partial charge >= 0.3 is 5.97 Å². The van der Waals surface area contributed by atoms with Crippen LogP contribution in [0, 0.1) is 0 Å². The second-order valence-corrected chi connectivity index (χ2v) is 2.18. The summed E-state index contributed by atoms with van der Waals surface area (Å²) in [7, 11) is 0. The molecule has 1 aliphatic rings. The van der Waals surface area contributed by atoms with Gasteiger partial charge in [0.2, 0.25) is 0 Å². The van der Waals surface area contributed by atoms with Crippen molar-refractivity contribution >= 4 is 5.97 Å². The normalized spacial score (nSPS) is 15.8. The van der Waals surface area contributed by atoms with Crippen LogP contribution in [0.5, 0.6) is 0 Å². The van der Waals surface area contributed by atoms with Gasteiger partial charge in [-0.05, 0) is 13.8 Å². The molecule has 0 aromatic carbocycles. The molecule has 11 heavy (non-hydrogen) atoms. The highest BCUT2D eigenvalue weighted by molar-refractivity contribution is 5.90. The number of ether oxygens (including phenoxy) is 1. The topological polar surface area (TPSA) is 51.0 Å². The Hall–Kier alpha value is -1.19. The van der Waals surface area contributed by atoms with Gasteiger partial charge in [0, 0.05) is 0 Å². The van der Waals surface area contributed by atoms with Gasteiger partial charge in [-0.2, -0.15) is 10.2 Å². The van der Waals surface area contributed by atoms with Crippen LogP contribution in [0.15, 0.2) is 21.5 Å². The molecule has 4 nitrogen and oxygen atoms in total. The summed E-state index contributed by atoms with van der Waals surface area (Å²) in [5.74, 6) is -0.296. The SMILES string of the molecule is CCOC(=O)C1=C(C)N=NC1. The summed E-state index contributed by atoms with van der Waals surface area (Å²) >= 11 is 0. The average Bonchev–Trinajstić information content (AvgIpc) is 2.36. The summed E-state index contributed by atoms with van der Waals surface area (Å²) in [6.45, 7) is 4.29. The van der Waals surface area contributed by atoms with Gasteiger partial charge in [0.15, 0.2) is 0 Å². The molecular weight excluding hydrogens is 144 g/mol. The zero-order valence-electron chi connectivity index (χ0n) is 6.63. The Morgan fingerprint density at radius 3 is 2.91 bits per heavy atom. The lowest BCUT2D eigenvalue weighted by atomic mass is 10.2. The van der Waals surface area contributed by atoms with E-state index in [1.807, 2.05) is 0 Å². The van der Waals surface area contributed by atoms with Crippen molar-refractivity contribution in [2.45, 2.75) is 13.8 Å². The molecule has 0 bridgehead atoms. The van der Waals surface area contributed by atoms with Crippen LogP contribution >= 0.6 is 0 Å².